The second-order valence-electron chi connectivity index (χ2n) is 4.40. The van der Waals surface area contributed by atoms with Gasteiger partial charge in [-0.1, -0.05) is 15.9 Å². The monoisotopic (exact) mass is 386 g/mol. The molecule has 2 rings (SSSR count). The normalized spacial score (nSPS) is 10.6. The molecule has 100 valence electrons. The molecular weight excluding hydrogens is 375 g/mol. The van der Waals surface area contributed by atoms with Crippen LogP contribution in [0, 0.1) is 19.7 Å². The van der Waals surface area contributed by atoms with Crippen molar-refractivity contribution in [3.8, 4) is 0 Å². The molecule has 0 saturated heterocycles. The number of aryl methyl sites for hydroxylation is 2. The van der Waals surface area contributed by atoms with Crippen molar-refractivity contribution in [1.29, 1.82) is 0 Å². The van der Waals surface area contributed by atoms with E-state index in [1.165, 1.54) is 6.07 Å². The van der Waals surface area contributed by atoms with Crippen molar-refractivity contribution >= 4 is 48.9 Å². The van der Waals surface area contributed by atoms with E-state index in [0.717, 1.165) is 21.3 Å². The molecule has 2 aromatic carbocycles. The van der Waals surface area contributed by atoms with Gasteiger partial charge >= 0.3 is 0 Å². The third kappa shape index (κ3) is 3.09. The molecule has 0 atom stereocenters. The largest absolute Gasteiger partial charge is 0.397 e. The Morgan fingerprint density at radius 2 is 1.63 bits per heavy atom. The maximum Gasteiger partial charge on any atom is 0.139 e. The average Bonchev–Trinajstić information content (AvgIpc) is 2.33. The molecule has 2 aromatic rings. The van der Waals surface area contributed by atoms with Gasteiger partial charge in [-0.05, 0) is 59.1 Å². The lowest BCUT2D eigenvalue weighted by Crippen LogP contribution is -1.98. The van der Waals surface area contributed by atoms with Gasteiger partial charge in [-0.25, -0.2) is 4.39 Å². The second-order valence-corrected chi connectivity index (χ2v) is 6.05. The topological polar surface area (TPSA) is 38.0 Å². The summed E-state index contributed by atoms with van der Waals surface area (Å²) in [7, 11) is 0. The Labute approximate surface area is 128 Å². The summed E-state index contributed by atoms with van der Waals surface area (Å²) in [6.45, 7) is 4.04. The highest BCUT2D eigenvalue weighted by molar-refractivity contribution is 9.10. The van der Waals surface area contributed by atoms with Crippen LogP contribution in [0.4, 0.5) is 21.5 Å². The highest BCUT2D eigenvalue weighted by atomic mass is 79.9. The van der Waals surface area contributed by atoms with Crippen molar-refractivity contribution in [2.45, 2.75) is 13.8 Å². The molecule has 0 radical (unpaired) electrons. The molecule has 0 fully saturated rings. The second kappa shape index (κ2) is 5.51. The van der Waals surface area contributed by atoms with Crippen LogP contribution in [0.1, 0.15) is 11.1 Å². The molecule has 0 bridgehead atoms. The van der Waals surface area contributed by atoms with E-state index in [1.807, 2.05) is 26.0 Å². The van der Waals surface area contributed by atoms with Crippen molar-refractivity contribution in [2.24, 2.45) is 0 Å². The molecule has 0 heterocycles. The van der Waals surface area contributed by atoms with Gasteiger partial charge < -0.3 is 11.1 Å². The molecule has 0 amide bonds. The molecule has 0 saturated carbocycles. The van der Waals surface area contributed by atoms with Gasteiger partial charge in [-0.15, -0.1) is 0 Å². The third-order valence-corrected chi connectivity index (χ3v) is 4.67. The van der Waals surface area contributed by atoms with E-state index in [0.29, 0.717) is 15.8 Å². The zero-order valence-corrected chi connectivity index (χ0v) is 13.7. The SMILES string of the molecule is Cc1cc(Nc2cc(Br)c(F)cc2N)cc(C)c1Br. The Bertz CT molecular complexity index is 619. The minimum absolute atomic E-state index is 0.369. The predicted molar refractivity (Wildman–Crippen MR) is 85.4 cm³/mol. The van der Waals surface area contributed by atoms with Gasteiger partial charge in [0.2, 0.25) is 0 Å². The Kier molecular flexibility index (Phi) is 4.16. The first-order valence-corrected chi connectivity index (χ1v) is 7.25. The number of nitrogens with two attached hydrogens (primary N) is 1. The van der Waals surface area contributed by atoms with Gasteiger partial charge in [0.15, 0.2) is 0 Å². The van der Waals surface area contributed by atoms with Crippen LogP contribution in [-0.2, 0) is 0 Å². The summed E-state index contributed by atoms with van der Waals surface area (Å²) in [4.78, 5) is 0. The minimum Gasteiger partial charge on any atom is -0.397 e. The van der Waals surface area contributed by atoms with Crippen LogP contribution < -0.4 is 11.1 Å². The summed E-state index contributed by atoms with van der Waals surface area (Å²) in [6.07, 6.45) is 0. The number of nitrogen functional groups attached to an aromatic ring is 1. The van der Waals surface area contributed by atoms with E-state index in [4.69, 9.17) is 5.73 Å². The zero-order chi connectivity index (χ0) is 14.2. The van der Waals surface area contributed by atoms with Crippen LogP contribution in [0.25, 0.3) is 0 Å². The molecule has 19 heavy (non-hydrogen) atoms. The van der Waals surface area contributed by atoms with Gasteiger partial charge in [0.25, 0.3) is 0 Å². The first-order valence-electron chi connectivity index (χ1n) is 5.67. The van der Waals surface area contributed by atoms with Crippen molar-refractivity contribution in [3.05, 3.63) is 50.2 Å². The summed E-state index contributed by atoms with van der Waals surface area (Å²) in [5.41, 5.74) is 10.0. The highest BCUT2D eigenvalue weighted by Crippen LogP contribution is 2.31. The van der Waals surface area contributed by atoms with Gasteiger partial charge in [0, 0.05) is 16.2 Å². The molecule has 2 nitrogen and oxygen atoms in total. The summed E-state index contributed by atoms with van der Waals surface area (Å²) in [6, 6.07) is 6.95. The minimum atomic E-state index is -0.369. The van der Waals surface area contributed by atoms with E-state index >= 15 is 0 Å². The Balaban J connectivity index is 2.39. The first-order chi connectivity index (χ1) is 8.88. The van der Waals surface area contributed by atoms with Gasteiger partial charge in [0.05, 0.1) is 15.8 Å². The lowest BCUT2D eigenvalue weighted by atomic mass is 10.1. The van der Waals surface area contributed by atoms with E-state index in [1.54, 1.807) is 6.07 Å². The van der Waals surface area contributed by atoms with Crippen molar-refractivity contribution < 1.29 is 4.39 Å². The number of anilines is 3. The van der Waals surface area contributed by atoms with E-state index in [9.17, 15) is 4.39 Å². The summed E-state index contributed by atoms with van der Waals surface area (Å²) in [5.74, 6) is -0.369. The predicted octanol–water partition coefficient (Wildman–Crippen LogP) is 5.29. The number of hydrogen-bond acceptors (Lipinski definition) is 2. The fourth-order valence-corrected chi connectivity index (χ4v) is 2.42. The average molecular weight is 388 g/mol. The molecule has 3 N–H and O–H groups in total. The number of rotatable bonds is 2. The quantitative estimate of drug-likeness (QED) is 0.686. The molecule has 0 aromatic heterocycles. The highest BCUT2D eigenvalue weighted by Gasteiger charge is 2.08. The van der Waals surface area contributed by atoms with Crippen LogP contribution >= 0.6 is 31.9 Å². The summed E-state index contributed by atoms with van der Waals surface area (Å²) < 4.78 is 14.8. The van der Waals surface area contributed by atoms with Crippen LogP contribution in [-0.4, -0.2) is 0 Å². The molecule has 0 spiro atoms. The summed E-state index contributed by atoms with van der Waals surface area (Å²) in [5, 5.41) is 3.21. The van der Waals surface area contributed by atoms with E-state index in [2.05, 4.69) is 37.2 Å². The van der Waals surface area contributed by atoms with Crippen molar-refractivity contribution in [1.82, 2.24) is 0 Å². The fourth-order valence-electron chi connectivity index (χ4n) is 1.84. The lowest BCUT2D eigenvalue weighted by molar-refractivity contribution is 0.622. The lowest BCUT2D eigenvalue weighted by Gasteiger charge is -2.13. The van der Waals surface area contributed by atoms with Gasteiger partial charge in [-0.3, -0.25) is 0 Å². The number of nitrogens with one attached hydrogen (secondary N) is 1. The van der Waals surface area contributed by atoms with Crippen molar-refractivity contribution in [2.75, 3.05) is 11.1 Å². The van der Waals surface area contributed by atoms with Crippen LogP contribution in [0.3, 0.4) is 0 Å². The third-order valence-electron chi connectivity index (χ3n) is 2.81. The number of halogens is 3. The molecular formula is C14H13Br2FN2. The van der Waals surface area contributed by atoms with E-state index in [-0.39, 0.29) is 5.82 Å². The molecule has 0 unspecified atom stereocenters. The van der Waals surface area contributed by atoms with Crippen LogP contribution in [0.2, 0.25) is 0 Å². The number of benzene rings is 2. The Morgan fingerprint density at radius 3 is 2.21 bits per heavy atom. The summed E-state index contributed by atoms with van der Waals surface area (Å²) >= 11 is 6.68. The molecule has 0 aliphatic heterocycles. The smallest absolute Gasteiger partial charge is 0.139 e. The Hall–Kier alpha value is -1.07. The molecule has 0 aliphatic carbocycles. The van der Waals surface area contributed by atoms with Crippen molar-refractivity contribution in [3.63, 3.8) is 0 Å². The first kappa shape index (κ1) is 14.3. The maximum absolute atomic E-state index is 13.3. The van der Waals surface area contributed by atoms with E-state index < -0.39 is 0 Å². The maximum atomic E-state index is 13.3. The fraction of sp³-hybridized carbons (Fsp3) is 0.143. The van der Waals surface area contributed by atoms with Gasteiger partial charge in [-0.2, -0.15) is 0 Å². The van der Waals surface area contributed by atoms with Crippen LogP contribution in [0.15, 0.2) is 33.2 Å². The molecule has 0 aliphatic rings. The zero-order valence-electron chi connectivity index (χ0n) is 10.5. The standard InChI is InChI=1S/C14H13Br2FN2/c1-7-3-9(4-8(2)14(7)16)19-13-5-10(15)11(17)6-12(13)18/h3-6,19H,18H2,1-2H3. The van der Waals surface area contributed by atoms with Crippen LogP contribution in [0.5, 0.6) is 0 Å². The molecule has 5 heteroatoms. The van der Waals surface area contributed by atoms with Gasteiger partial charge in [0.1, 0.15) is 5.82 Å². The number of hydrogen-bond donors (Lipinski definition) is 2. The Morgan fingerprint density at radius 1 is 1.05 bits per heavy atom.